The Hall–Kier alpha value is -2.64. The van der Waals surface area contributed by atoms with Gasteiger partial charge in [-0.05, 0) is 36.6 Å². The molecule has 0 radical (unpaired) electrons. The van der Waals surface area contributed by atoms with E-state index in [0.717, 1.165) is 0 Å². The van der Waals surface area contributed by atoms with Crippen LogP contribution in [0.1, 0.15) is 31.5 Å². The van der Waals surface area contributed by atoms with Crippen molar-refractivity contribution < 1.29 is 18.8 Å². The van der Waals surface area contributed by atoms with Crippen molar-refractivity contribution in [3.63, 3.8) is 0 Å². The number of hydrogen-bond acceptors (Lipinski definition) is 6. The fraction of sp³-hybridized carbons (Fsp3) is 0.118. The number of aryl methyl sites for hydroxylation is 1. The molecule has 1 amide bonds. The van der Waals surface area contributed by atoms with E-state index >= 15 is 0 Å². The van der Waals surface area contributed by atoms with Crippen LogP contribution in [0.2, 0.25) is 5.02 Å². The number of benzene rings is 1. The van der Waals surface area contributed by atoms with Gasteiger partial charge in [0.05, 0.1) is 16.1 Å². The normalized spacial score (nSPS) is 10.5. The molecular weight excluding hydrogens is 364 g/mol. The highest BCUT2D eigenvalue weighted by atomic mass is 35.5. The molecule has 6 nitrogen and oxygen atoms in total. The van der Waals surface area contributed by atoms with Gasteiger partial charge in [-0.2, -0.15) is 0 Å². The number of nitrogens with one attached hydrogen (secondary N) is 1. The van der Waals surface area contributed by atoms with Crippen LogP contribution < -0.4 is 5.32 Å². The van der Waals surface area contributed by atoms with Gasteiger partial charge in [0, 0.05) is 11.1 Å². The molecule has 128 valence electrons. The molecule has 0 aliphatic heterocycles. The molecule has 8 heteroatoms. The second-order valence-corrected chi connectivity index (χ2v) is 6.51. The predicted molar refractivity (Wildman–Crippen MR) is 94.1 cm³/mol. The summed E-state index contributed by atoms with van der Waals surface area (Å²) in [4.78, 5) is 25.1. The molecule has 0 aliphatic carbocycles. The summed E-state index contributed by atoms with van der Waals surface area (Å²) in [7, 11) is 0. The lowest BCUT2D eigenvalue weighted by Crippen LogP contribution is -2.15. The molecular formula is C17H13ClN2O4S. The number of halogens is 1. The molecule has 0 unspecified atom stereocenters. The van der Waals surface area contributed by atoms with E-state index in [9.17, 15) is 9.59 Å². The molecule has 2 aromatic heterocycles. The first-order valence-electron chi connectivity index (χ1n) is 7.26. The third-order valence-corrected chi connectivity index (χ3v) is 4.33. The van der Waals surface area contributed by atoms with Crippen LogP contribution in [-0.4, -0.2) is 17.0 Å². The second-order valence-electron chi connectivity index (χ2n) is 5.13. The van der Waals surface area contributed by atoms with Crippen LogP contribution >= 0.6 is 22.9 Å². The number of ether oxygens (including phenoxy) is 1. The first kappa shape index (κ1) is 17.2. The van der Waals surface area contributed by atoms with Crippen molar-refractivity contribution in [1.82, 2.24) is 5.16 Å². The molecule has 0 saturated heterocycles. The minimum Gasteiger partial charge on any atom is -0.455 e. The van der Waals surface area contributed by atoms with Gasteiger partial charge in [0.25, 0.3) is 5.91 Å². The third-order valence-electron chi connectivity index (χ3n) is 3.22. The van der Waals surface area contributed by atoms with E-state index < -0.39 is 5.97 Å². The van der Waals surface area contributed by atoms with Gasteiger partial charge in [-0.15, -0.1) is 11.3 Å². The SMILES string of the molecule is Cc1cc(COC(=O)c2ccc(Cl)cc2NC(=O)c2cccs2)no1. The lowest BCUT2D eigenvalue weighted by molar-refractivity contribution is 0.0465. The summed E-state index contributed by atoms with van der Waals surface area (Å²) in [5, 5.41) is 8.63. The maximum absolute atomic E-state index is 12.4. The van der Waals surface area contributed by atoms with E-state index in [0.29, 0.717) is 21.4 Å². The molecule has 2 heterocycles. The van der Waals surface area contributed by atoms with E-state index in [2.05, 4.69) is 10.5 Å². The van der Waals surface area contributed by atoms with Crippen LogP contribution in [0, 0.1) is 6.92 Å². The molecule has 1 aromatic carbocycles. The summed E-state index contributed by atoms with van der Waals surface area (Å²) >= 11 is 7.28. The quantitative estimate of drug-likeness (QED) is 0.671. The minimum absolute atomic E-state index is 0.0306. The first-order valence-corrected chi connectivity index (χ1v) is 8.52. The average molecular weight is 377 g/mol. The van der Waals surface area contributed by atoms with Gasteiger partial charge < -0.3 is 14.6 Å². The molecule has 0 fully saturated rings. The molecule has 3 aromatic rings. The first-order chi connectivity index (χ1) is 12.0. The summed E-state index contributed by atoms with van der Waals surface area (Å²) in [6.45, 7) is 1.72. The Morgan fingerprint density at radius 3 is 2.84 bits per heavy atom. The van der Waals surface area contributed by atoms with Gasteiger partial charge in [-0.25, -0.2) is 4.79 Å². The predicted octanol–water partition coefficient (Wildman–Crippen LogP) is 4.31. The highest BCUT2D eigenvalue weighted by Gasteiger charge is 2.17. The van der Waals surface area contributed by atoms with Gasteiger partial charge in [-0.3, -0.25) is 4.79 Å². The van der Waals surface area contributed by atoms with Crippen molar-refractivity contribution in [3.05, 3.63) is 68.7 Å². The number of carbonyl (C=O) groups excluding carboxylic acids is 2. The molecule has 1 N–H and O–H groups in total. The van der Waals surface area contributed by atoms with E-state index in [-0.39, 0.29) is 23.8 Å². The Bertz CT molecular complexity index is 905. The zero-order valence-corrected chi connectivity index (χ0v) is 14.7. The summed E-state index contributed by atoms with van der Waals surface area (Å²) < 4.78 is 10.1. The van der Waals surface area contributed by atoms with E-state index in [1.807, 2.05) is 0 Å². The van der Waals surface area contributed by atoms with Crippen LogP contribution in [-0.2, 0) is 11.3 Å². The Kier molecular flexibility index (Phi) is 5.16. The second kappa shape index (κ2) is 7.50. The summed E-state index contributed by atoms with van der Waals surface area (Å²) in [5.74, 6) is -0.293. The number of rotatable bonds is 5. The summed E-state index contributed by atoms with van der Waals surface area (Å²) in [6.07, 6.45) is 0. The number of amides is 1. The van der Waals surface area contributed by atoms with Crippen LogP contribution in [0.25, 0.3) is 0 Å². The van der Waals surface area contributed by atoms with Crippen molar-refractivity contribution in [2.45, 2.75) is 13.5 Å². The van der Waals surface area contributed by atoms with Gasteiger partial charge in [0.1, 0.15) is 18.1 Å². The number of carbonyl (C=O) groups is 2. The van der Waals surface area contributed by atoms with Crippen molar-refractivity contribution in [2.75, 3.05) is 5.32 Å². The highest BCUT2D eigenvalue weighted by Crippen LogP contribution is 2.24. The van der Waals surface area contributed by atoms with Crippen LogP contribution in [0.3, 0.4) is 0 Å². The third kappa shape index (κ3) is 4.26. The monoisotopic (exact) mass is 376 g/mol. The lowest BCUT2D eigenvalue weighted by Gasteiger charge is -2.10. The summed E-state index contributed by atoms with van der Waals surface area (Å²) in [6, 6.07) is 9.70. The van der Waals surface area contributed by atoms with Gasteiger partial charge >= 0.3 is 5.97 Å². The van der Waals surface area contributed by atoms with Crippen molar-refractivity contribution in [2.24, 2.45) is 0 Å². The molecule has 0 spiro atoms. The van der Waals surface area contributed by atoms with Gasteiger partial charge in [0.2, 0.25) is 0 Å². The Morgan fingerprint density at radius 1 is 1.32 bits per heavy atom. The smallest absolute Gasteiger partial charge is 0.340 e. The molecule has 25 heavy (non-hydrogen) atoms. The zero-order chi connectivity index (χ0) is 17.8. The minimum atomic E-state index is -0.598. The van der Waals surface area contributed by atoms with Crippen LogP contribution in [0.15, 0.2) is 46.3 Å². The topological polar surface area (TPSA) is 81.4 Å². The Morgan fingerprint density at radius 2 is 2.16 bits per heavy atom. The van der Waals surface area contributed by atoms with Crippen molar-refractivity contribution >= 4 is 40.5 Å². The maximum atomic E-state index is 12.4. The number of thiophene rings is 1. The average Bonchev–Trinajstić information content (AvgIpc) is 3.24. The number of esters is 1. The van der Waals surface area contributed by atoms with Crippen LogP contribution in [0.5, 0.6) is 0 Å². The van der Waals surface area contributed by atoms with Gasteiger partial charge in [-0.1, -0.05) is 22.8 Å². The molecule has 0 saturated carbocycles. The fourth-order valence-corrected chi connectivity index (χ4v) is 2.88. The lowest BCUT2D eigenvalue weighted by atomic mass is 10.1. The highest BCUT2D eigenvalue weighted by molar-refractivity contribution is 7.12. The number of aromatic nitrogens is 1. The van der Waals surface area contributed by atoms with Gasteiger partial charge in [0.15, 0.2) is 0 Å². The summed E-state index contributed by atoms with van der Waals surface area (Å²) in [5.41, 5.74) is 0.991. The van der Waals surface area contributed by atoms with E-state index in [1.54, 1.807) is 36.6 Å². The Labute approximate surface area is 152 Å². The fourth-order valence-electron chi connectivity index (χ4n) is 2.09. The van der Waals surface area contributed by atoms with E-state index in [4.69, 9.17) is 20.9 Å². The van der Waals surface area contributed by atoms with Crippen molar-refractivity contribution in [1.29, 1.82) is 0 Å². The number of nitrogens with zero attached hydrogens (tertiary/aromatic N) is 1. The zero-order valence-electron chi connectivity index (χ0n) is 13.1. The number of anilines is 1. The van der Waals surface area contributed by atoms with Crippen LogP contribution in [0.4, 0.5) is 5.69 Å². The maximum Gasteiger partial charge on any atom is 0.340 e. The van der Waals surface area contributed by atoms with Crippen molar-refractivity contribution in [3.8, 4) is 0 Å². The standard InChI is InChI=1S/C17H13ClN2O4S/c1-10-7-12(20-24-10)9-23-17(22)13-5-4-11(18)8-14(13)19-16(21)15-3-2-6-25-15/h2-8H,9H2,1H3,(H,19,21). The Balaban J connectivity index is 1.76. The van der Waals surface area contributed by atoms with E-state index in [1.165, 1.54) is 23.5 Å². The number of hydrogen-bond donors (Lipinski definition) is 1. The molecule has 0 atom stereocenters. The molecule has 0 aliphatic rings. The largest absolute Gasteiger partial charge is 0.455 e. The molecule has 0 bridgehead atoms. The molecule has 3 rings (SSSR count).